The summed E-state index contributed by atoms with van der Waals surface area (Å²) in [6.45, 7) is 0.549. The Hall–Kier alpha value is -2.67. The molecule has 1 aromatic heterocycles. The van der Waals surface area contributed by atoms with Crippen molar-refractivity contribution in [1.82, 2.24) is 4.98 Å². The van der Waals surface area contributed by atoms with Crippen LogP contribution in [0.4, 0.5) is 17.1 Å². The van der Waals surface area contributed by atoms with Crippen LogP contribution in [0.1, 0.15) is 5.56 Å². The van der Waals surface area contributed by atoms with Crippen LogP contribution in [0, 0.1) is 10.1 Å². The van der Waals surface area contributed by atoms with Gasteiger partial charge >= 0.3 is 0 Å². The molecule has 0 aliphatic heterocycles. The summed E-state index contributed by atoms with van der Waals surface area (Å²) in [5.41, 5.74) is 4.52. The van der Waals surface area contributed by atoms with Gasteiger partial charge in [0.1, 0.15) is 0 Å². The Kier molecular flexibility index (Phi) is 3.89. The Balaban J connectivity index is 2.15. The third kappa shape index (κ3) is 3.39. The highest BCUT2D eigenvalue weighted by atomic mass is 16.6. The molecule has 1 aromatic carbocycles. The fourth-order valence-corrected chi connectivity index (χ4v) is 1.61. The maximum absolute atomic E-state index is 10.8. The minimum atomic E-state index is -0.460. The van der Waals surface area contributed by atoms with Crippen molar-refractivity contribution in [2.45, 2.75) is 6.54 Å². The van der Waals surface area contributed by atoms with E-state index >= 15 is 0 Å². The number of pyridine rings is 1. The lowest BCUT2D eigenvalue weighted by Gasteiger charge is -2.08. The Morgan fingerprint density at radius 3 is 2.53 bits per heavy atom. The molecule has 98 valence electrons. The third-order valence-electron chi connectivity index (χ3n) is 2.54. The Morgan fingerprint density at radius 1 is 1.21 bits per heavy atom. The quantitative estimate of drug-likeness (QED) is 0.430. The van der Waals surface area contributed by atoms with Crippen molar-refractivity contribution >= 4 is 17.1 Å². The number of hydrazine groups is 1. The summed E-state index contributed by atoms with van der Waals surface area (Å²) in [5, 5.41) is 13.9. The summed E-state index contributed by atoms with van der Waals surface area (Å²) in [5.74, 6) is 5.29. The highest BCUT2D eigenvalue weighted by Gasteiger charge is 2.09. The van der Waals surface area contributed by atoms with Crippen molar-refractivity contribution in [2.24, 2.45) is 5.84 Å². The van der Waals surface area contributed by atoms with Gasteiger partial charge in [-0.15, -0.1) is 0 Å². The number of hydrogen-bond acceptors (Lipinski definition) is 6. The molecule has 4 N–H and O–H groups in total. The van der Waals surface area contributed by atoms with Crippen LogP contribution in [-0.4, -0.2) is 9.91 Å². The number of anilines is 2. The topological polar surface area (TPSA) is 106 Å². The largest absolute Gasteiger partial charge is 0.381 e. The van der Waals surface area contributed by atoms with Gasteiger partial charge in [0.2, 0.25) is 0 Å². The van der Waals surface area contributed by atoms with E-state index in [9.17, 15) is 10.1 Å². The summed E-state index contributed by atoms with van der Waals surface area (Å²) < 4.78 is 0. The van der Waals surface area contributed by atoms with E-state index in [1.54, 1.807) is 18.5 Å². The highest BCUT2D eigenvalue weighted by Crippen LogP contribution is 2.24. The highest BCUT2D eigenvalue weighted by molar-refractivity contribution is 5.63. The van der Waals surface area contributed by atoms with E-state index in [1.165, 1.54) is 12.1 Å². The average molecular weight is 259 g/mol. The van der Waals surface area contributed by atoms with E-state index < -0.39 is 4.92 Å². The van der Waals surface area contributed by atoms with E-state index in [2.05, 4.69) is 15.7 Å². The first-order chi connectivity index (χ1) is 9.19. The summed E-state index contributed by atoms with van der Waals surface area (Å²) >= 11 is 0. The van der Waals surface area contributed by atoms with Crippen LogP contribution in [0.25, 0.3) is 0 Å². The third-order valence-corrected chi connectivity index (χ3v) is 2.54. The van der Waals surface area contributed by atoms with Gasteiger partial charge in [0.15, 0.2) is 0 Å². The maximum atomic E-state index is 10.8. The van der Waals surface area contributed by atoms with Crippen LogP contribution in [0.3, 0.4) is 0 Å². The molecule has 0 saturated carbocycles. The first-order valence-electron chi connectivity index (χ1n) is 5.58. The maximum Gasteiger partial charge on any atom is 0.273 e. The van der Waals surface area contributed by atoms with E-state index in [1.807, 2.05) is 12.1 Å². The number of nitrogens with two attached hydrogens (primary N) is 1. The lowest BCUT2D eigenvalue weighted by atomic mass is 10.2. The van der Waals surface area contributed by atoms with Crippen LogP contribution < -0.4 is 16.6 Å². The summed E-state index contributed by atoms with van der Waals surface area (Å²) in [6, 6.07) is 8.27. The van der Waals surface area contributed by atoms with Gasteiger partial charge in [-0.05, 0) is 23.8 Å². The first kappa shape index (κ1) is 12.8. The number of nitrogen functional groups attached to an aromatic ring is 1. The van der Waals surface area contributed by atoms with Gasteiger partial charge in [-0.25, -0.2) is 0 Å². The summed E-state index contributed by atoms with van der Waals surface area (Å²) in [6.07, 6.45) is 3.38. The number of nitrogens with zero attached hydrogens (tertiary/aromatic N) is 2. The second kappa shape index (κ2) is 5.78. The van der Waals surface area contributed by atoms with E-state index in [-0.39, 0.29) is 5.69 Å². The van der Waals surface area contributed by atoms with Crippen molar-refractivity contribution in [3.05, 3.63) is 58.4 Å². The zero-order valence-electron chi connectivity index (χ0n) is 10.0. The lowest BCUT2D eigenvalue weighted by molar-refractivity contribution is -0.384. The van der Waals surface area contributed by atoms with Crippen LogP contribution in [-0.2, 0) is 6.54 Å². The van der Waals surface area contributed by atoms with Crippen molar-refractivity contribution in [2.75, 3.05) is 10.7 Å². The van der Waals surface area contributed by atoms with Crippen LogP contribution in [0.5, 0.6) is 0 Å². The number of aromatic nitrogens is 1. The number of rotatable bonds is 5. The second-order valence-corrected chi connectivity index (χ2v) is 3.88. The molecule has 0 radical (unpaired) electrons. The normalized spacial score (nSPS) is 9.95. The standard InChI is InChI=1S/C12H13N5O2/c13-16-11-5-10(6-12(7-11)17(18)19)15-8-9-1-3-14-4-2-9/h1-7,15-16H,8,13H2. The van der Waals surface area contributed by atoms with Crippen LogP contribution in [0.2, 0.25) is 0 Å². The van der Waals surface area contributed by atoms with Crippen molar-refractivity contribution in [3.63, 3.8) is 0 Å². The Labute approximate surface area is 109 Å². The minimum absolute atomic E-state index is 0.0207. The first-order valence-corrected chi connectivity index (χ1v) is 5.58. The molecule has 2 rings (SSSR count). The summed E-state index contributed by atoms with van der Waals surface area (Å²) in [7, 11) is 0. The van der Waals surface area contributed by atoms with Gasteiger partial charge < -0.3 is 10.7 Å². The van der Waals surface area contributed by atoms with Gasteiger partial charge in [0.05, 0.1) is 10.6 Å². The fourth-order valence-electron chi connectivity index (χ4n) is 1.61. The van der Waals surface area contributed by atoms with Crippen LogP contribution in [0.15, 0.2) is 42.7 Å². The van der Waals surface area contributed by atoms with Gasteiger partial charge in [-0.2, -0.15) is 0 Å². The number of hydrogen-bond donors (Lipinski definition) is 3. The van der Waals surface area contributed by atoms with Crippen LogP contribution >= 0.6 is 0 Å². The van der Waals surface area contributed by atoms with E-state index in [0.29, 0.717) is 17.9 Å². The van der Waals surface area contributed by atoms with Gasteiger partial charge in [-0.1, -0.05) is 0 Å². The second-order valence-electron chi connectivity index (χ2n) is 3.88. The summed E-state index contributed by atoms with van der Waals surface area (Å²) in [4.78, 5) is 14.3. The average Bonchev–Trinajstić information content (AvgIpc) is 2.45. The van der Waals surface area contributed by atoms with Gasteiger partial charge in [0.25, 0.3) is 5.69 Å². The molecule has 1 heterocycles. The van der Waals surface area contributed by atoms with Crippen molar-refractivity contribution < 1.29 is 4.92 Å². The molecule has 0 spiro atoms. The van der Waals surface area contributed by atoms with Crippen molar-refractivity contribution in [3.8, 4) is 0 Å². The molecule has 0 unspecified atom stereocenters. The molecule has 0 atom stereocenters. The molecule has 0 aliphatic carbocycles. The van der Waals surface area contributed by atoms with Gasteiger partial charge in [0, 0.05) is 36.8 Å². The van der Waals surface area contributed by atoms with E-state index in [0.717, 1.165) is 5.56 Å². The fraction of sp³-hybridized carbons (Fsp3) is 0.0833. The molecular formula is C12H13N5O2. The zero-order chi connectivity index (χ0) is 13.7. The van der Waals surface area contributed by atoms with Crippen molar-refractivity contribution in [1.29, 1.82) is 0 Å². The molecule has 0 fully saturated rings. The zero-order valence-corrected chi connectivity index (χ0v) is 10.0. The molecule has 0 amide bonds. The number of benzene rings is 1. The van der Waals surface area contributed by atoms with E-state index in [4.69, 9.17) is 5.84 Å². The number of nitrogens with one attached hydrogen (secondary N) is 2. The number of nitro benzene ring substituents is 1. The predicted octanol–water partition coefficient (Wildman–Crippen LogP) is 1.89. The minimum Gasteiger partial charge on any atom is -0.381 e. The molecule has 19 heavy (non-hydrogen) atoms. The smallest absolute Gasteiger partial charge is 0.273 e. The molecule has 0 saturated heterocycles. The predicted molar refractivity (Wildman–Crippen MR) is 72.5 cm³/mol. The van der Waals surface area contributed by atoms with Gasteiger partial charge in [-0.3, -0.25) is 20.9 Å². The molecule has 0 bridgehead atoms. The molecule has 7 nitrogen and oxygen atoms in total. The lowest BCUT2D eigenvalue weighted by Crippen LogP contribution is -2.08. The molecular weight excluding hydrogens is 246 g/mol. The molecule has 7 heteroatoms. The monoisotopic (exact) mass is 259 g/mol. The number of nitro groups is 1. The Morgan fingerprint density at radius 2 is 1.89 bits per heavy atom. The Bertz CT molecular complexity index is 574. The molecule has 2 aromatic rings. The number of non-ortho nitro benzene ring substituents is 1. The SMILES string of the molecule is NNc1cc(NCc2ccncc2)cc([N+](=O)[O-])c1. The molecule has 0 aliphatic rings.